The van der Waals surface area contributed by atoms with Crippen LogP contribution in [0, 0.1) is 6.92 Å². The van der Waals surface area contributed by atoms with Crippen molar-refractivity contribution < 1.29 is 4.74 Å². The highest BCUT2D eigenvalue weighted by atomic mass is 35.5. The lowest BCUT2D eigenvalue weighted by Gasteiger charge is -2.09. The zero-order valence-electron chi connectivity index (χ0n) is 6.69. The first kappa shape index (κ1) is 10.0. The number of hydrogen-bond acceptors (Lipinski definition) is 2. The monoisotopic (exact) mass is 222 g/mol. The van der Waals surface area contributed by atoms with Crippen molar-refractivity contribution in [3.63, 3.8) is 0 Å². The van der Waals surface area contributed by atoms with Crippen LogP contribution in [0.15, 0.2) is 11.0 Å². The lowest BCUT2D eigenvalue weighted by atomic mass is 10.2. The Kier molecular flexibility index (Phi) is 3.16. The Morgan fingerprint density at radius 3 is 2.42 bits per heavy atom. The SMILES string of the molecule is COc1c(Cl)c(C)cc(S)c1Cl. The highest BCUT2D eigenvalue weighted by molar-refractivity contribution is 7.80. The molecule has 1 aromatic rings. The highest BCUT2D eigenvalue weighted by Gasteiger charge is 2.11. The molecule has 0 unspecified atom stereocenters. The molecule has 0 radical (unpaired) electrons. The van der Waals surface area contributed by atoms with Crippen LogP contribution in [0.25, 0.3) is 0 Å². The van der Waals surface area contributed by atoms with Crippen molar-refractivity contribution >= 4 is 35.8 Å². The number of benzene rings is 1. The van der Waals surface area contributed by atoms with Crippen molar-refractivity contribution in [3.8, 4) is 5.75 Å². The van der Waals surface area contributed by atoms with E-state index in [0.717, 1.165) is 5.56 Å². The molecule has 0 amide bonds. The molecule has 0 atom stereocenters. The van der Waals surface area contributed by atoms with E-state index in [9.17, 15) is 0 Å². The van der Waals surface area contributed by atoms with Gasteiger partial charge in [-0.25, -0.2) is 0 Å². The van der Waals surface area contributed by atoms with Gasteiger partial charge in [-0.05, 0) is 18.6 Å². The summed E-state index contributed by atoms with van der Waals surface area (Å²) in [4.78, 5) is 0.676. The first-order valence-corrected chi connectivity index (χ1v) is 4.49. The molecule has 0 saturated heterocycles. The van der Waals surface area contributed by atoms with Crippen LogP contribution >= 0.6 is 35.8 Å². The number of ether oxygens (including phenoxy) is 1. The maximum Gasteiger partial charge on any atom is 0.157 e. The van der Waals surface area contributed by atoms with E-state index in [0.29, 0.717) is 20.7 Å². The summed E-state index contributed by atoms with van der Waals surface area (Å²) in [7, 11) is 1.53. The van der Waals surface area contributed by atoms with Gasteiger partial charge in [0.2, 0.25) is 0 Å². The molecule has 0 aliphatic heterocycles. The van der Waals surface area contributed by atoms with E-state index in [4.69, 9.17) is 27.9 Å². The second-order valence-electron chi connectivity index (χ2n) is 2.37. The number of rotatable bonds is 1. The maximum absolute atomic E-state index is 5.93. The lowest BCUT2D eigenvalue weighted by Crippen LogP contribution is -1.89. The molecule has 0 aliphatic rings. The quantitative estimate of drug-likeness (QED) is 0.715. The summed E-state index contributed by atoms with van der Waals surface area (Å²) in [6, 6.07) is 1.80. The van der Waals surface area contributed by atoms with E-state index in [1.807, 2.05) is 6.92 Å². The van der Waals surface area contributed by atoms with Crippen LogP contribution in [0.2, 0.25) is 10.0 Å². The van der Waals surface area contributed by atoms with E-state index in [-0.39, 0.29) is 0 Å². The third-order valence-electron chi connectivity index (χ3n) is 1.53. The second kappa shape index (κ2) is 3.77. The Hall–Kier alpha value is -0.0500. The van der Waals surface area contributed by atoms with Crippen molar-refractivity contribution in [2.24, 2.45) is 0 Å². The minimum atomic E-state index is 0.455. The summed E-state index contributed by atoms with van der Waals surface area (Å²) in [6.07, 6.45) is 0. The highest BCUT2D eigenvalue weighted by Crippen LogP contribution is 2.39. The predicted molar refractivity (Wildman–Crippen MR) is 55.0 cm³/mol. The fourth-order valence-electron chi connectivity index (χ4n) is 0.903. The van der Waals surface area contributed by atoms with Crippen LogP contribution in [-0.4, -0.2) is 7.11 Å². The molecule has 1 aromatic carbocycles. The van der Waals surface area contributed by atoms with Gasteiger partial charge in [-0.15, -0.1) is 12.6 Å². The van der Waals surface area contributed by atoms with Gasteiger partial charge in [0, 0.05) is 4.90 Å². The van der Waals surface area contributed by atoms with Crippen LogP contribution in [-0.2, 0) is 0 Å². The van der Waals surface area contributed by atoms with E-state index in [1.54, 1.807) is 6.07 Å². The molecule has 0 aromatic heterocycles. The normalized spacial score (nSPS) is 10.1. The minimum Gasteiger partial charge on any atom is -0.494 e. The molecule has 0 heterocycles. The van der Waals surface area contributed by atoms with Crippen LogP contribution in [0.1, 0.15) is 5.56 Å². The molecule has 0 spiro atoms. The smallest absolute Gasteiger partial charge is 0.157 e. The van der Waals surface area contributed by atoms with E-state index in [2.05, 4.69) is 12.6 Å². The first-order valence-electron chi connectivity index (χ1n) is 3.29. The predicted octanol–water partition coefficient (Wildman–Crippen LogP) is 3.60. The Morgan fingerprint density at radius 2 is 1.92 bits per heavy atom. The van der Waals surface area contributed by atoms with E-state index >= 15 is 0 Å². The Bertz CT molecular complexity index is 286. The topological polar surface area (TPSA) is 9.23 Å². The minimum absolute atomic E-state index is 0.455. The van der Waals surface area contributed by atoms with Crippen LogP contribution in [0.5, 0.6) is 5.75 Å². The van der Waals surface area contributed by atoms with Gasteiger partial charge >= 0.3 is 0 Å². The second-order valence-corrected chi connectivity index (χ2v) is 3.61. The maximum atomic E-state index is 5.93. The third kappa shape index (κ3) is 1.65. The van der Waals surface area contributed by atoms with Crippen molar-refractivity contribution in [1.82, 2.24) is 0 Å². The third-order valence-corrected chi connectivity index (χ3v) is 2.86. The van der Waals surface area contributed by atoms with Crippen LogP contribution in [0.3, 0.4) is 0 Å². The summed E-state index contributed by atoms with van der Waals surface area (Å²) in [5.41, 5.74) is 0.905. The summed E-state index contributed by atoms with van der Waals surface area (Å²) in [5, 5.41) is 0.997. The van der Waals surface area contributed by atoms with Crippen molar-refractivity contribution in [2.45, 2.75) is 11.8 Å². The molecule has 1 nitrogen and oxygen atoms in total. The molecule has 0 aliphatic carbocycles. The Labute approximate surface area is 87.0 Å². The largest absolute Gasteiger partial charge is 0.494 e. The molecule has 0 fully saturated rings. The van der Waals surface area contributed by atoms with Crippen molar-refractivity contribution in [3.05, 3.63) is 21.7 Å². The standard InChI is InChI=1S/C8H8Cl2OS/c1-4-3-5(12)7(10)8(11-2)6(4)9/h3,12H,1-2H3. The van der Waals surface area contributed by atoms with Gasteiger partial charge in [-0.1, -0.05) is 23.2 Å². The van der Waals surface area contributed by atoms with Crippen molar-refractivity contribution in [1.29, 1.82) is 0 Å². The van der Waals surface area contributed by atoms with Crippen molar-refractivity contribution in [2.75, 3.05) is 7.11 Å². The van der Waals surface area contributed by atoms with Gasteiger partial charge in [0.25, 0.3) is 0 Å². The molecule has 12 heavy (non-hydrogen) atoms. The van der Waals surface area contributed by atoms with Gasteiger partial charge in [0.05, 0.1) is 17.2 Å². The molecule has 0 saturated carbocycles. The zero-order chi connectivity index (χ0) is 9.30. The first-order chi connectivity index (χ1) is 5.57. The van der Waals surface area contributed by atoms with Gasteiger partial charge < -0.3 is 4.74 Å². The van der Waals surface area contributed by atoms with Gasteiger partial charge in [-0.2, -0.15) is 0 Å². The van der Waals surface area contributed by atoms with Gasteiger partial charge in [-0.3, -0.25) is 0 Å². The number of aryl methyl sites for hydroxylation is 1. The fourth-order valence-corrected chi connectivity index (χ4v) is 1.70. The summed E-state index contributed by atoms with van der Waals surface area (Å²) in [6.45, 7) is 1.88. The average Bonchev–Trinajstić information content (AvgIpc) is 2.02. The van der Waals surface area contributed by atoms with Gasteiger partial charge in [0.1, 0.15) is 0 Å². The number of halogens is 2. The molecule has 1 rings (SSSR count). The Balaban J connectivity index is 3.42. The molecular formula is C8H8Cl2OS. The average molecular weight is 223 g/mol. The number of hydrogen-bond donors (Lipinski definition) is 1. The molecule has 4 heteroatoms. The molecule has 0 N–H and O–H groups in total. The zero-order valence-corrected chi connectivity index (χ0v) is 9.10. The number of methoxy groups -OCH3 is 1. The molecule has 0 bridgehead atoms. The van der Waals surface area contributed by atoms with Crippen LogP contribution in [0.4, 0.5) is 0 Å². The van der Waals surface area contributed by atoms with Gasteiger partial charge in [0.15, 0.2) is 5.75 Å². The molecule has 66 valence electrons. The van der Waals surface area contributed by atoms with Crippen LogP contribution < -0.4 is 4.74 Å². The molecular weight excluding hydrogens is 215 g/mol. The van der Waals surface area contributed by atoms with E-state index < -0.39 is 0 Å². The summed E-state index contributed by atoms with van der Waals surface area (Å²) in [5.74, 6) is 0.489. The summed E-state index contributed by atoms with van der Waals surface area (Å²) >= 11 is 16.0. The number of thiol groups is 1. The lowest BCUT2D eigenvalue weighted by molar-refractivity contribution is 0.414. The fraction of sp³-hybridized carbons (Fsp3) is 0.250. The summed E-state index contributed by atoms with van der Waals surface area (Å²) < 4.78 is 5.02. The Morgan fingerprint density at radius 1 is 1.33 bits per heavy atom. The van der Waals surface area contributed by atoms with E-state index in [1.165, 1.54) is 7.11 Å².